The zero-order chi connectivity index (χ0) is 24.2. The Morgan fingerprint density at radius 2 is 1.85 bits per heavy atom. The highest BCUT2D eigenvalue weighted by molar-refractivity contribution is 5.78. The molecule has 0 spiro atoms. The van der Waals surface area contributed by atoms with Gasteiger partial charge < -0.3 is 25.8 Å². The SMILES string of the molecule is CCNC(=O)N[C@H]1CC[C@]2(C)CCC([C@H](C)C(=O)NCc3ccc(OC)cc3)[C@H](O)[C@H]2[C@@H]1C. The van der Waals surface area contributed by atoms with Crippen molar-refractivity contribution in [1.29, 1.82) is 0 Å². The van der Waals surface area contributed by atoms with Crippen molar-refractivity contribution >= 4 is 11.9 Å². The van der Waals surface area contributed by atoms with Crippen LogP contribution in [0.1, 0.15) is 58.9 Å². The lowest BCUT2D eigenvalue weighted by Gasteiger charge is -2.56. The van der Waals surface area contributed by atoms with E-state index < -0.39 is 6.10 Å². The number of carbonyl (C=O) groups excluding carboxylic acids is 2. The van der Waals surface area contributed by atoms with Gasteiger partial charge in [0.25, 0.3) is 0 Å². The lowest BCUT2D eigenvalue weighted by Crippen LogP contribution is -2.59. The molecule has 7 heteroatoms. The minimum atomic E-state index is -0.570. The number of urea groups is 1. The van der Waals surface area contributed by atoms with Crippen LogP contribution in [0.4, 0.5) is 4.79 Å². The minimum Gasteiger partial charge on any atom is -0.497 e. The van der Waals surface area contributed by atoms with Gasteiger partial charge in [0, 0.05) is 25.0 Å². The fourth-order valence-electron chi connectivity index (χ4n) is 6.17. The molecule has 0 aromatic heterocycles. The van der Waals surface area contributed by atoms with Crippen molar-refractivity contribution in [2.24, 2.45) is 29.1 Å². The van der Waals surface area contributed by atoms with E-state index in [4.69, 9.17) is 4.74 Å². The second-order valence-corrected chi connectivity index (χ2v) is 10.2. The van der Waals surface area contributed by atoms with Crippen LogP contribution in [0.15, 0.2) is 24.3 Å². The van der Waals surface area contributed by atoms with Crippen molar-refractivity contribution in [2.45, 2.75) is 72.1 Å². The van der Waals surface area contributed by atoms with E-state index in [0.29, 0.717) is 13.1 Å². The van der Waals surface area contributed by atoms with Gasteiger partial charge in [-0.2, -0.15) is 0 Å². The highest BCUT2D eigenvalue weighted by atomic mass is 16.5. The van der Waals surface area contributed by atoms with Crippen molar-refractivity contribution in [2.75, 3.05) is 13.7 Å². The molecule has 3 amide bonds. The quantitative estimate of drug-likeness (QED) is 0.502. The largest absolute Gasteiger partial charge is 0.497 e. The minimum absolute atomic E-state index is 0.0288. The summed E-state index contributed by atoms with van der Waals surface area (Å²) in [6, 6.07) is 7.53. The lowest BCUT2D eigenvalue weighted by atomic mass is 9.52. The van der Waals surface area contributed by atoms with Crippen LogP contribution in [-0.4, -0.2) is 42.8 Å². The van der Waals surface area contributed by atoms with Crippen molar-refractivity contribution in [3.8, 4) is 5.75 Å². The topological polar surface area (TPSA) is 99.7 Å². The Bertz CT molecular complexity index is 814. The number of rotatable bonds is 7. The summed E-state index contributed by atoms with van der Waals surface area (Å²) in [6.07, 6.45) is 3.15. The Balaban J connectivity index is 1.64. The second-order valence-electron chi connectivity index (χ2n) is 10.2. The molecule has 0 radical (unpaired) electrons. The van der Waals surface area contributed by atoms with Crippen molar-refractivity contribution in [3.05, 3.63) is 29.8 Å². The molecular formula is C26H41N3O4. The number of methoxy groups -OCH3 is 1. The summed E-state index contributed by atoms with van der Waals surface area (Å²) in [5, 5.41) is 20.4. The van der Waals surface area contributed by atoms with Crippen molar-refractivity contribution in [1.82, 2.24) is 16.0 Å². The summed E-state index contributed by atoms with van der Waals surface area (Å²) in [7, 11) is 1.63. The molecule has 1 aromatic rings. The fourth-order valence-corrected chi connectivity index (χ4v) is 6.17. The highest BCUT2D eigenvalue weighted by Crippen LogP contribution is 2.55. The molecule has 2 saturated carbocycles. The Morgan fingerprint density at radius 1 is 1.18 bits per heavy atom. The van der Waals surface area contributed by atoms with Gasteiger partial charge in [-0.3, -0.25) is 4.79 Å². The van der Waals surface area contributed by atoms with E-state index in [-0.39, 0.29) is 47.1 Å². The number of ether oxygens (including phenoxy) is 1. The number of aliphatic hydroxyl groups is 1. The van der Waals surface area contributed by atoms with Crippen LogP contribution in [0.3, 0.4) is 0 Å². The Hall–Kier alpha value is -2.28. The molecule has 7 atom stereocenters. The van der Waals surface area contributed by atoms with Gasteiger partial charge in [-0.25, -0.2) is 4.79 Å². The second kappa shape index (κ2) is 10.8. The fraction of sp³-hybridized carbons (Fsp3) is 0.692. The van der Waals surface area contributed by atoms with Crippen LogP contribution >= 0.6 is 0 Å². The van der Waals surface area contributed by atoms with Crippen LogP contribution in [-0.2, 0) is 11.3 Å². The van der Waals surface area contributed by atoms with E-state index in [1.165, 1.54) is 0 Å². The average molecular weight is 460 g/mol. The number of amides is 3. The molecule has 33 heavy (non-hydrogen) atoms. The molecule has 4 N–H and O–H groups in total. The van der Waals surface area contributed by atoms with E-state index in [1.54, 1.807) is 7.11 Å². The number of hydrogen-bond donors (Lipinski definition) is 4. The number of fused-ring (bicyclic) bond motifs is 1. The monoisotopic (exact) mass is 459 g/mol. The summed E-state index contributed by atoms with van der Waals surface area (Å²) in [6.45, 7) is 9.27. The van der Waals surface area contributed by atoms with Crippen LogP contribution in [0.2, 0.25) is 0 Å². The molecular weight excluding hydrogens is 418 g/mol. The van der Waals surface area contributed by atoms with Crippen LogP contribution in [0.25, 0.3) is 0 Å². The maximum absolute atomic E-state index is 13.0. The zero-order valence-corrected chi connectivity index (χ0v) is 20.7. The molecule has 1 aromatic carbocycles. The molecule has 7 nitrogen and oxygen atoms in total. The van der Waals surface area contributed by atoms with Gasteiger partial charge >= 0.3 is 6.03 Å². The molecule has 1 unspecified atom stereocenters. The predicted octanol–water partition coefficient (Wildman–Crippen LogP) is 3.46. The normalized spacial score (nSPS) is 32.2. The molecule has 0 saturated heterocycles. The predicted molar refractivity (Wildman–Crippen MR) is 129 cm³/mol. The Labute approximate surface area is 198 Å². The maximum atomic E-state index is 13.0. The van der Waals surface area contributed by atoms with E-state index in [2.05, 4.69) is 29.8 Å². The van der Waals surface area contributed by atoms with E-state index in [0.717, 1.165) is 37.0 Å². The van der Waals surface area contributed by atoms with E-state index in [1.807, 2.05) is 38.1 Å². The van der Waals surface area contributed by atoms with Gasteiger partial charge in [-0.05, 0) is 73.5 Å². The molecule has 0 aliphatic heterocycles. The van der Waals surface area contributed by atoms with Gasteiger partial charge in [0.15, 0.2) is 0 Å². The number of hydrogen-bond acceptors (Lipinski definition) is 4. The number of benzene rings is 1. The number of carbonyl (C=O) groups is 2. The molecule has 2 aliphatic carbocycles. The van der Waals surface area contributed by atoms with Gasteiger partial charge in [0.2, 0.25) is 5.91 Å². The summed E-state index contributed by atoms with van der Waals surface area (Å²) in [5.41, 5.74) is 1.04. The summed E-state index contributed by atoms with van der Waals surface area (Å²) in [5.74, 6) is 0.566. The Kier molecular flexibility index (Phi) is 8.27. The van der Waals surface area contributed by atoms with Gasteiger partial charge in [0.05, 0.1) is 13.2 Å². The summed E-state index contributed by atoms with van der Waals surface area (Å²) in [4.78, 5) is 25.1. The van der Waals surface area contributed by atoms with E-state index >= 15 is 0 Å². The third-order valence-electron chi connectivity index (χ3n) is 8.22. The first-order valence-electron chi connectivity index (χ1n) is 12.3. The van der Waals surface area contributed by atoms with Crippen LogP contribution in [0, 0.1) is 29.1 Å². The van der Waals surface area contributed by atoms with Gasteiger partial charge in [-0.1, -0.05) is 32.9 Å². The first-order valence-corrected chi connectivity index (χ1v) is 12.3. The van der Waals surface area contributed by atoms with E-state index in [9.17, 15) is 14.7 Å². The highest BCUT2D eigenvalue weighted by Gasteiger charge is 2.53. The molecule has 0 bridgehead atoms. The van der Waals surface area contributed by atoms with Crippen molar-refractivity contribution in [3.63, 3.8) is 0 Å². The molecule has 0 heterocycles. The molecule has 184 valence electrons. The Morgan fingerprint density at radius 3 is 2.48 bits per heavy atom. The van der Waals surface area contributed by atoms with Crippen LogP contribution in [0.5, 0.6) is 5.75 Å². The number of nitrogens with one attached hydrogen (secondary N) is 3. The lowest BCUT2D eigenvalue weighted by molar-refractivity contribution is -0.142. The third-order valence-corrected chi connectivity index (χ3v) is 8.22. The van der Waals surface area contributed by atoms with Gasteiger partial charge in [0.1, 0.15) is 5.75 Å². The first-order chi connectivity index (χ1) is 15.7. The summed E-state index contributed by atoms with van der Waals surface area (Å²) < 4.78 is 5.18. The van der Waals surface area contributed by atoms with Gasteiger partial charge in [-0.15, -0.1) is 0 Å². The first kappa shape index (κ1) is 25.3. The number of aliphatic hydroxyl groups excluding tert-OH is 1. The van der Waals surface area contributed by atoms with Crippen LogP contribution < -0.4 is 20.7 Å². The smallest absolute Gasteiger partial charge is 0.315 e. The molecule has 2 aliphatic rings. The zero-order valence-electron chi connectivity index (χ0n) is 20.7. The standard InChI is InChI=1S/C26H41N3O4/c1-6-27-25(32)29-21-12-14-26(4)13-11-20(23(30)22(26)17(21)3)16(2)24(31)28-15-18-7-9-19(33-5)10-8-18/h7-10,16-17,20-23,30H,6,11-15H2,1-5H3,(H,28,31)(H2,27,29,32)/t16-,17+,20?,21-,22+,23-,26-/m0/s1. The molecule has 3 rings (SSSR count). The third kappa shape index (κ3) is 5.62. The molecule has 2 fully saturated rings. The summed E-state index contributed by atoms with van der Waals surface area (Å²) >= 11 is 0. The average Bonchev–Trinajstić information content (AvgIpc) is 2.79. The maximum Gasteiger partial charge on any atom is 0.315 e. The van der Waals surface area contributed by atoms with Crippen molar-refractivity contribution < 1.29 is 19.4 Å².